The van der Waals surface area contributed by atoms with Gasteiger partial charge >= 0.3 is 0 Å². The van der Waals surface area contributed by atoms with Crippen molar-refractivity contribution in [1.29, 1.82) is 0 Å². The Morgan fingerprint density at radius 2 is 1.83 bits per heavy atom. The van der Waals surface area contributed by atoms with Gasteiger partial charge in [-0.05, 0) is 29.7 Å². The minimum Gasteiger partial charge on any atom is -0.334 e. The van der Waals surface area contributed by atoms with Crippen LogP contribution in [-0.4, -0.2) is 26.7 Å². The van der Waals surface area contributed by atoms with Crippen molar-refractivity contribution in [3.63, 3.8) is 0 Å². The fourth-order valence-electron chi connectivity index (χ4n) is 3.01. The standard InChI is InChI=1S/C18H15N3O2/c22-17(20-10-8-13-5-1-2-6-14(13)12-20)15-11-19-16-7-3-4-9-21(16)18(15)23/h1-7,9,11H,8,10,12H2. The summed E-state index contributed by atoms with van der Waals surface area (Å²) in [6.45, 7) is 1.15. The van der Waals surface area contributed by atoms with Crippen LogP contribution < -0.4 is 5.56 Å². The number of rotatable bonds is 1. The molecule has 0 unspecified atom stereocenters. The fourth-order valence-corrected chi connectivity index (χ4v) is 3.01. The molecule has 1 aromatic carbocycles. The van der Waals surface area contributed by atoms with E-state index in [4.69, 9.17) is 0 Å². The van der Waals surface area contributed by atoms with Crippen LogP contribution in [0.2, 0.25) is 0 Å². The molecule has 0 N–H and O–H groups in total. The van der Waals surface area contributed by atoms with Crippen LogP contribution >= 0.6 is 0 Å². The second-order valence-corrected chi connectivity index (χ2v) is 5.65. The molecule has 5 heteroatoms. The number of nitrogens with zero attached hydrogens (tertiary/aromatic N) is 3. The maximum absolute atomic E-state index is 12.7. The molecule has 4 rings (SSSR count). The molecule has 3 heterocycles. The van der Waals surface area contributed by atoms with E-state index < -0.39 is 0 Å². The number of amides is 1. The largest absolute Gasteiger partial charge is 0.334 e. The lowest BCUT2D eigenvalue weighted by atomic mass is 9.99. The Kier molecular flexibility index (Phi) is 3.19. The van der Waals surface area contributed by atoms with Crippen LogP contribution in [-0.2, 0) is 13.0 Å². The van der Waals surface area contributed by atoms with E-state index in [1.165, 1.54) is 16.2 Å². The average molecular weight is 305 g/mol. The molecule has 0 bridgehead atoms. The number of pyridine rings is 1. The highest BCUT2D eigenvalue weighted by Crippen LogP contribution is 2.19. The predicted octanol–water partition coefficient (Wildman–Crippen LogP) is 1.89. The number of hydrogen-bond acceptors (Lipinski definition) is 3. The van der Waals surface area contributed by atoms with E-state index in [-0.39, 0.29) is 17.0 Å². The average Bonchev–Trinajstić information content (AvgIpc) is 2.61. The Hall–Kier alpha value is -2.95. The van der Waals surface area contributed by atoms with Gasteiger partial charge in [0.25, 0.3) is 11.5 Å². The SMILES string of the molecule is O=C(c1cnc2ccccn2c1=O)N1CCc2ccccc2C1. The predicted molar refractivity (Wildman–Crippen MR) is 86.3 cm³/mol. The lowest BCUT2D eigenvalue weighted by Gasteiger charge is -2.28. The molecule has 0 saturated carbocycles. The van der Waals surface area contributed by atoms with Crippen molar-refractivity contribution >= 4 is 11.6 Å². The maximum Gasteiger partial charge on any atom is 0.270 e. The second kappa shape index (κ2) is 5.35. The quantitative estimate of drug-likeness (QED) is 0.690. The van der Waals surface area contributed by atoms with Gasteiger partial charge in [0.1, 0.15) is 11.2 Å². The number of benzene rings is 1. The van der Waals surface area contributed by atoms with Gasteiger partial charge in [-0.2, -0.15) is 0 Å². The molecule has 114 valence electrons. The summed E-state index contributed by atoms with van der Waals surface area (Å²) < 4.78 is 1.41. The van der Waals surface area contributed by atoms with E-state index in [1.807, 2.05) is 24.3 Å². The first-order valence-corrected chi connectivity index (χ1v) is 7.56. The highest BCUT2D eigenvalue weighted by atomic mass is 16.2. The molecule has 1 aliphatic heterocycles. The van der Waals surface area contributed by atoms with E-state index in [2.05, 4.69) is 11.1 Å². The lowest BCUT2D eigenvalue weighted by molar-refractivity contribution is 0.0732. The van der Waals surface area contributed by atoms with Gasteiger partial charge in [-0.15, -0.1) is 0 Å². The molecule has 5 nitrogen and oxygen atoms in total. The number of fused-ring (bicyclic) bond motifs is 2. The summed E-state index contributed by atoms with van der Waals surface area (Å²) in [5.41, 5.74) is 2.75. The summed E-state index contributed by atoms with van der Waals surface area (Å²) >= 11 is 0. The van der Waals surface area contributed by atoms with Crippen molar-refractivity contribution in [3.8, 4) is 0 Å². The van der Waals surface area contributed by atoms with Crippen molar-refractivity contribution in [2.24, 2.45) is 0 Å². The van der Waals surface area contributed by atoms with Gasteiger partial charge in [-0.1, -0.05) is 30.3 Å². The molecule has 1 amide bonds. The summed E-state index contributed by atoms with van der Waals surface area (Å²) in [5.74, 6) is -0.254. The van der Waals surface area contributed by atoms with Gasteiger partial charge in [0.2, 0.25) is 0 Å². The molecule has 3 aromatic rings. The third kappa shape index (κ3) is 2.30. The maximum atomic E-state index is 12.7. The highest BCUT2D eigenvalue weighted by molar-refractivity contribution is 5.93. The van der Waals surface area contributed by atoms with Gasteiger partial charge in [0.15, 0.2) is 0 Å². The van der Waals surface area contributed by atoms with E-state index in [0.717, 1.165) is 12.0 Å². The summed E-state index contributed by atoms with van der Waals surface area (Å²) in [7, 11) is 0. The summed E-state index contributed by atoms with van der Waals surface area (Å²) in [5, 5.41) is 0. The molecule has 0 spiro atoms. The van der Waals surface area contributed by atoms with Crippen LogP contribution in [0.3, 0.4) is 0 Å². The molecular formula is C18H15N3O2. The van der Waals surface area contributed by atoms with Crippen molar-refractivity contribution in [1.82, 2.24) is 14.3 Å². The third-order valence-corrected chi connectivity index (χ3v) is 4.26. The number of aromatic nitrogens is 2. The number of carbonyl (C=O) groups is 1. The Morgan fingerprint density at radius 3 is 2.70 bits per heavy atom. The summed E-state index contributed by atoms with van der Waals surface area (Å²) in [4.78, 5) is 31.2. The smallest absolute Gasteiger partial charge is 0.270 e. The van der Waals surface area contributed by atoms with E-state index in [9.17, 15) is 9.59 Å². The van der Waals surface area contributed by atoms with Crippen molar-refractivity contribution < 1.29 is 4.79 Å². The fraction of sp³-hybridized carbons (Fsp3) is 0.167. The molecular weight excluding hydrogens is 290 g/mol. The van der Waals surface area contributed by atoms with Crippen LogP contribution in [0.1, 0.15) is 21.5 Å². The monoisotopic (exact) mass is 305 g/mol. The van der Waals surface area contributed by atoms with Gasteiger partial charge in [-0.3, -0.25) is 14.0 Å². The molecule has 0 atom stereocenters. The van der Waals surface area contributed by atoms with Crippen LogP contribution in [0.4, 0.5) is 0 Å². The van der Waals surface area contributed by atoms with Crippen LogP contribution in [0.25, 0.3) is 5.65 Å². The van der Waals surface area contributed by atoms with Crippen LogP contribution in [0.15, 0.2) is 59.7 Å². The van der Waals surface area contributed by atoms with Gasteiger partial charge < -0.3 is 4.90 Å². The van der Waals surface area contributed by atoms with Crippen LogP contribution in [0, 0.1) is 0 Å². The zero-order valence-corrected chi connectivity index (χ0v) is 12.5. The first kappa shape index (κ1) is 13.7. The normalized spacial score (nSPS) is 13.8. The Morgan fingerprint density at radius 1 is 1.04 bits per heavy atom. The van der Waals surface area contributed by atoms with Gasteiger partial charge in [0.05, 0.1) is 0 Å². The first-order chi connectivity index (χ1) is 11.2. The van der Waals surface area contributed by atoms with Crippen molar-refractivity contribution in [2.45, 2.75) is 13.0 Å². The molecule has 0 radical (unpaired) electrons. The van der Waals surface area contributed by atoms with Crippen LogP contribution in [0.5, 0.6) is 0 Å². The number of hydrogen-bond donors (Lipinski definition) is 0. The van der Waals surface area contributed by atoms with Crippen molar-refractivity contribution in [3.05, 3.63) is 81.9 Å². The van der Waals surface area contributed by atoms with Gasteiger partial charge in [0, 0.05) is 25.5 Å². The molecule has 2 aromatic heterocycles. The Labute approximate surface area is 132 Å². The Bertz CT molecular complexity index is 962. The van der Waals surface area contributed by atoms with E-state index >= 15 is 0 Å². The Balaban J connectivity index is 1.71. The zero-order valence-electron chi connectivity index (χ0n) is 12.5. The minimum atomic E-state index is -0.320. The van der Waals surface area contributed by atoms with Gasteiger partial charge in [-0.25, -0.2) is 4.98 Å². The minimum absolute atomic E-state index is 0.119. The lowest BCUT2D eigenvalue weighted by Crippen LogP contribution is -2.39. The first-order valence-electron chi connectivity index (χ1n) is 7.56. The molecule has 0 fully saturated rings. The summed E-state index contributed by atoms with van der Waals surface area (Å²) in [6, 6.07) is 13.4. The molecule has 0 saturated heterocycles. The topological polar surface area (TPSA) is 54.7 Å². The number of carbonyl (C=O) groups excluding carboxylic acids is 1. The molecule has 23 heavy (non-hydrogen) atoms. The van der Waals surface area contributed by atoms with E-state index in [1.54, 1.807) is 23.2 Å². The highest BCUT2D eigenvalue weighted by Gasteiger charge is 2.24. The third-order valence-electron chi connectivity index (χ3n) is 4.26. The second-order valence-electron chi connectivity index (χ2n) is 5.65. The summed E-state index contributed by atoms with van der Waals surface area (Å²) in [6.07, 6.45) is 3.83. The molecule has 0 aliphatic carbocycles. The molecule has 1 aliphatic rings. The zero-order chi connectivity index (χ0) is 15.8. The van der Waals surface area contributed by atoms with E-state index in [0.29, 0.717) is 18.7 Å². The van der Waals surface area contributed by atoms with Crippen molar-refractivity contribution in [2.75, 3.05) is 6.54 Å².